The first kappa shape index (κ1) is 23.7. The van der Waals surface area contributed by atoms with E-state index in [9.17, 15) is 26.7 Å². The number of amides is 1. The van der Waals surface area contributed by atoms with E-state index in [4.69, 9.17) is 0 Å². The van der Waals surface area contributed by atoms with Gasteiger partial charge in [0.05, 0.1) is 34.7 Å². The number of carbonyl (C=O) groups excluding carboxylic acids is 1. The molecule has 4 aromatic rings. The number of nitrogens with one attached hydrogen (secondary N) is 1. The van der Waals surface area contributed by atoms with Crippen LogP contribution >= 0.6 is 0 Å². The molecule has 0 unspecified atom stereocenters. The van der Waals surface area contributed by atoms with Gasteiger partial charge in [-0.15, -0.1) is 0 Å². The molecular weight excluding hydrogens is 481 g/mol. The largest absolute Gasteiger partial charge is 0.433 e. The molecule has 1 amide bonds. The van der Waals surface area contributed by atoms with Gasteiger partial charge in [-0.3, -0.25) is 4.79 Å². The number of halogens is 5. The van der Waals surface area contributed by atoms with Gasteiger partial charge in [0, 0.05) is 24.0 Å². The van der Waals surface area contributed by atoms with Gasteiger partial charge in [0.1, 0.15) is 17.3 Å². The topological polar surface area (TPSA) is 62.5 Å². The number of carbonyl (C=O) groups is 1. The lowest BCUT2D eigenvalue weighted by Crippen LogP contribution is -2.23. The van der Waals surface area contributed by atoms with E-state index in [2.05, 4.69) is 15.4 Å². The van der Waals surface area contributed by atoms with Crippen molar-refractivity contribution in [1.29, 1.82) is 0 Å². The molecule has 1 fully saturated rings. The molecule has 36 heavy (non-hydrogen) atoms. The van der Waals surface area contributed by atoms with Crippen molar-refractivity contribution >= 4 is 22.8 Å². The molecule has 0 saturated carbocycles. The maximum atomic E-state index is 14.5. The van der Waals surface area contributed by atoms with Gasteiger partial charge in [-0.05, 0) is 62.2 Å². The van der Waals surface area contributed by atoms with Crippen LogP contribution in [0.25, 0.3) is 5.52 Å². The average Bonchev–Trinajstić information content (AvgIpc) is 3.48. The summed E-state index contributed by atoms with van der Waals surface area (Å²) in [4.78, 5) is 18.5. The SMILES string of the molecule is Cc1nc(C(F)(F)F)ccc1NC(=O)c1cnn2ccc(N3CCC[C@@H]3c3cc(F)ccc3F)cc12. The van der Waals surface area contributed by atoms with Crippen LogP contribution in [0.4, 0.5) is 33.3 Å². The van der Waals surface area contributed by atoms with Crippen LogP contribution in [-0.4, -0.2) is 27.0 Å². The molecular formula is C25H20F5N5O. The third-order valence-electron chi connectivity index (χ3n) is 6.28. The molecule has 6 nitrogen and oxygen atoms in total. The highest BCUT2D eigenvalue weighted by atomic mass is 19.4. The number of aryl methyl sites for hydroxylation is 1. The number of fused-ring (bicyclic) bond motifs is 1. The van der Waals surface area contributed by atoms with Crippen molar-refractivity contribution in [2.45, 2.75) is 32.0 Å². The van der Waals surface area contributed by atoms with E-state index >= 15 is 0 Å². The molecule has 0 bridgehead atoms. The van der Waals surface area contributed by atoms with Gasteiger partial charge >= 0.3 is 6.18 Å². The highest BCUT2D eigenvalue weighted by Crippen LogP contribution is 2.38. The average molecular weight is 501 g/mol. The van der Waals surface area contributed by atoms with Gasteiger partial charge in [-0.2, -0.15) is 18.3 Å². The van der Waals surface area contributed by atoms with E-state index in [1.807, 2.05) is 4.90 Å². The summed E-state index contributed by atoms with van der Waals surface area (Å²) in [7, 11) is 0. The lowest BCUT2D eigenvalue weighted by molar-refractivity contribution is -0.141. The van der Waals surface area contributed by atoms with Crippen molar-refractivity contribution in [1.82, 2.24) is 14.6 Å². The number of rotatable bonds is 4. The summed E-state index contributed by atoms with van der Waals surface area (Å²) >= 11 is 0. The predicted molar refractivity (Wildman–Crippen MR) is 123 cm³/mol. The van der Waals surface area contributed by atoms with Crippen molar-refractivity contribution in [2.24, 2.45) is 0 Å². The first-order valence-electron chi connectivity index (χ1n) is 11.2. The number of hydrogen-bond donors (Lipinski definition) is 1. The molecule has 0 radical (unpaired) electrons. The molecule has 1 atom stereocenters. The van der Waals surface area contributed by atoms with E-state index in [-0.39, 0.29) is 28.6 Å². The third-order valence-corrected chi connectivity index (χ3v) is 6.28. The van der Waals surface area contributed by atoms with Crippen LogP contribution in [0.5, 0.6) is 0 Å². The fourth-order valence-electron chi connectivity index (χ4n) is 4.53. The highest BCUT2D eigenvalue weighted by molar-refractivity contribution is 6.09. The summed E-state index contributed by atoms with van der Waals surface area (Å²) in [6.45, 7) is 1.99. The summed E-state index contributed by atoms with van der Waals surface area (Å²) in [6, 6.07) is 8.49. The van der Waals surface area contributed by atoms with E-state index in [0.29, 0.717) is 24.2 Å². The Bertz CT molecular complexity index is 1470. The maximum absolute atomic E-state index is 14.5. The van der Waals surface area contributed by atoms with Gasteiger partial charge in [0.2, 0.25) is 0 Å². The Morgan fingerprint density at radius 2 is 1.92 bits per heavy atom. The van der Waals surface area contributed by atoms with E-state index in [1.165, 1.54) is 23.7 Å². The number of benzene rings is 1. The first-order valence-corrected chi connectivity index (χ1v) is 11.2. The van der Waals surface area contributed by atoms with Crippen molar-refractivity contribution in [3.63, 3.8) is 0 Å². The minimum Gasteiger partial charge on any atom is -0.364 e. The monoisotopic (exact) mass is 501 g/mol. The smallest absolute Gasteiger partial charge is 0.364 e. The van der Waals surface area contributed by atoms with Crippen LogP contribution in [0.15, 0.2) is 54.9 Å². The normalized spacial score (nSPS) is 16.1. The number of alkyl halides is 3. The van der Waals surface area contributed by atoms with Crippen molar-refractivity contribution < 1.29 is 26.7 Å². The zero-order valence-corrected chi connectivity index (χ0v) is 19.0. The van der Waals surface area contributed by atoms with Crippen LogP contribution in [0, 0.1) is 18.6 Å². The zero-order chi connectivity index (χ0) is 25.6. The molecule has 4 heterocycles. The number of pyridine rings is 2. The molecule has 0 aliphatic carbocycles. The van der Waals surface area contributed by atoms with Crippen LogP contribution < -0.4 is 10.2 Å². The van der Waals surface area contributed by atoms with Crippen molar-refractivity contribution in [2.75, 3.05) is 16.8 Å². The number of aromatic nitrogens is 3. The molecule has 186 valence electrons. The Kier molecular flexibility index (Phi) is 5.85. The quantitative estimate of drug-likeness (QED) is 0.352. The van der Waals surface area contributed by atoms with Crippen LogP contribution in [0.2, 0.25) is 0 Å². The second-order valence-electron chi connectivity index (χ2n) is 8.57. The van der Waals surface area contributed by atoms with Crippen molar-refractivity contribution in [3.8, 4) is 0 Å². The van der Waals surface area contributed by atoms with E-state index < -0.39 is 29.4 Å². The lowest BCUT2D eigenvalue weighted by Gasteiger charge is -2.27. The molecule has 11 heteroatoms. The highest BCUT2D eigenvalue weighted by Gasteiger charge is 2.33. The Hall–Kier alpha value is -4.02. The minimum atomic E-state index is -4.59. The lowest BCUT2D eigenvalue weighted by atomic mass is 10.0. The van der Waals surface area contributed by atoms with Crippen LogP contribution in [0.1, 0.15) is 46.2 Å². The third kappa shape index (κ3) is 4.36. The van der Waals surface area contributed by atoms with Gasteiger partial charge in [0.15, 0.2) is 0 Å². The number of hydrogen-bond acceptors (Lipinski definition) is 4. The number of nitrogens with zero attached hydrogens (tertiary/aromatic N) is 4. The first-order chi connectivity index (χ1) is 17.1. The molecule has 1 aliphatic heterocycles. The molecule has 1 aliphatic rings. The van der Waals surface area contributed by atoms with E-state index in [1.54, 1.807) is 18.3 Å². The molecule has 1 saturated heterocycles. The fraction of sp³-hybridized carbons (Fsp3) is 0.240. The Morgan fingerprint density at radius 3 is 2.67 bits per heavy atom. The van der Waals surface area contributed by atoms with Gasteiger partial charge in [0.25, 0.3) is 5.91 Å². The zero-order valence-electron chi connectivity index (χ0n) is 19.0. The Balaban J connectivity index is 1.44. The molecule has 5 rings (SSSR count). The molecule has 1 aromatic carbocycles. The van der Waals surface area contributed by atoms with Crippen molar-refractivity contribution in [3.05, 3.63) is 89.0 Å². The second-order valence-corrected chi connectivity index (χ2v) is 8.57. The summed E-state index contributed by atoms with van der Waals surface area (Å²) in [5.41, 5.74) is 0.738. The van der Waals surface area contributed by atoms with Crippen LogP contribution in [0.3, 0.4) is 0 Å². The standard InChI is InChI=1S/C25H20F5N5O/c1-14-20(6-7-23(32-14)25(28,29)30)33-24(36)18-13-31-35-10-8-16(12-22(18)35)34-9-2-3-21(34)17-11-15(26)4-5-19(17)27/h4-8,10-13,21H,2-3,9H2,1H3,(H,33,36)/t21-/m1/s1. The van der Waals surface area contributed by atoms with Gasteiger partial charge in [-0.1, -0.05) is 0 Å². The summed E-state index contributed by atoms with van der Waals surface area (Å²) in [6.07, 6.45) is -0.163. The fourth-order valence-corrected chi connectivity index (χ4v) is 4.53. The van der Waals surface area contributed by atoms with E-state index in [0.717, 1.165) is 30.7 Å². The summed E-state index contributed by atoms with van der Waals surface area (Å²) < 4.78 is 68.5. The number of anilines is 2. The summed E-state index contributed by atoms with van der Waals surface area (Å²) in [5, 5.41) is 6.78. The van der Waals surface area contributed by atoms with Crippen LogP contribution in [-0.2, 0) is 6.18 Å². The minimum absolute atomic E-state index is 0.0207. The molecule has 0 spiro atoms. The Labute approximate surface area is 202 Å². The Morgan fingerprint density at radius 1 is 1.11 bits per heavy atom. The summed E-state index contributed by atoms with van der Waals surface area (Å²) in [5.74, 6) is -1.57. The molecule has 3 aromatic heterocycles. The van der Waals surface area contributed by atoms with Gasteiger partial charge in [-0.25, -0.2) is 18.3 Å². The maximum Gasteiger partial charge on any atom is 0.433 e. The second kappa shape index (κ2) is 8.89. The van der Waals surface area contributed by atoms with Gasteiger partial charge < -0.3 is 10.2 Å². The predicted octanol–water partition coefficient (Wildman–Crippen LogP) is 5.93. The molecule has 1 N–H and O–H groups in total.